The molecule has 0 aromatic heterocycles. The zero-order valence-electron chi connectivity index (χ0n) is 8.69. The molecule has 2 nitrogen and oxygen atoms in total. The van der Waals surface area contributed by atoms with Gasteiger partial charge in [-0.3, -0.25) is 0 Å². The number of para-hydroxylation sites is 1. The first-order valence-corrected chi connectivity index (χ1v) is 5.32. The molecule has 0 N–H and O–H groups in total. The third-order valence-electron chi connectivity index (χ3n) is 2.72. The van der Waals surface area contributed by atoms with E-state index in [2.05, 4.69) is 23.1 Å². The Morgan fingerprint density at radius 1 is 1.20 bits per heavy atom. The van der Waals surface area contributed by atoms with Crippen LogP contribution < -0.4 is 4.90 Å². The summed E-state index contributed by atoms with van der Waals surface area (Å²) in [5.74, 6) is 0. The molecule has 1 aliphatic rings. The summed E-state index contributed by atoms with van der Waals surface area (Å²) in [6, 6.07) is 10.3. The van der Waals surface area contributed by atoms with Crippen LogP contribution in [0.2, 0.25) is 0 Å². The molecular weight excluding hydrogens is 184 g/mol. The lowest BCUT2D eigenvalue weighted by atomic mass is 10.1. The molecule has 76 valence electrons. The lowest BCUT2D eigenvalue weighted by Crippen LogP contribution is -2.18. The van der Waals surface area contributed by atoms with Crippen molar-refractivity contribution in [3.63, 3.8) is 0 Å². The Morgan fingerprint density at radius 3 is 2.67 bits per heavy atom. The maximum Gasteiger partial charge on any atom is 0.0912 e. The SMILES string of the molecule is N#CC=Cc1ccccc1N1CCCC1. The maximum absolute atomic E-state index is 8.53. The third-order valence-corrected chi connectivity index (χ3v) is 2.72. The van der Waals surface area contributed by atoms with Crippen LogP contribution in [0.15, 0.2) is 30.3 Å². The number of nitrogens with zero attached hydrogens (tertiary/aromatic N) is 2. The Balaban J connectivity index is 2.29. The summed E-state index contributed by atoms with van der Waals surface area (Å²) in [6.45, 7) is 2.27. The first kappa shape index (κ1) is 9.79. The monoisotopic (exact) mass is 198 g/mol. The van der Waals surface area contributed by atoms with Gasteiger partial charge in [-0.05, 0) is 30.5 Å². The third kappa shape index (κ3) is 2.19. The van der Waals surface area contributed by atoms with E-state index in [4.69, 9.17) is 5.26 Å². The van der Waals surface area contributed by atoms with E-state index in [1.165, 1.54) is 24.6 Å². The highest BCUT2D eigenvalue weighted by Crippen LogP contribution is 2.25. The minimum absolute atomic E-state index is 1.14. The summed E-state index contributed by atoms with van der Waals surface area (Å²) in [5.41, 5.74) is 2.39. The summed E-state index contributed by atoms with van der Waals surface area (Å²) in [7, 11) is 0. The molecule has 2 heteroatoms. The second-order valence-corrected chi connectivity index (χ2v) is 3.72. The number of hydrogen-bond acceptors (Lipinski definition) is 2. The molecule has 0 atom stereocenters. The molecule has 2 rings (SSSR count). The summed E-state index contributed by atoms with van der Waals surface area (Å²) < 4.78 is 0. The molecule has 0 radical (unpaired) electrons. The van der Waals surface area contributed by atoms with E-state index < -0.39 is 0 Å². The first-order chi connectivity index (χ1) is 7.42. The van der Waals surface area contributed by atoms with Gasteiger partial charge >= 0.3 is 0 Å². The van der Waals surface area contributed by atoms with E-state index >= 15 is 0 Å². The number of rotatable bonds is 2. The van der Waals surface area contributed by atoms with Crippen molar-refractivity contribution in [2.45, 2.75) is 12.8 Å². The molecule has 1 fully saturated rings. The molecule has 0 aliphatic carbocycles. The minimum Gasteiger partial charge on any atom is -0.371 e. The predicted molar refractivity (Wildman–Crippen MR) is 62.5 cm³/mol. The first-order valence-electron chi connectivity index (χ1n) is 5.32. The van der Waals surface area contributed by atoms with Crippen molar-refractivity contribution in [2.75, 3.05) is 18.0 Å². The quantitative estimate of drug-likeness (QED) is 0.683. The van der Waals surface area contributed by atoms with Gasteiger partial charge in [0.2, 0.25) is 0 Å². The predicted octanol–water partition coefficient (Wildman–Crippen LogP) is 2.82. The van der Waals surface area contributed by atoms with Crippen molar-refractivity contribution in [3.05, 3.63) is 35.9 Å². The van der Waals surface area contributed by atoms with Gasteiger partial charge in [-0.2, -0.15) is 5.26 Å². The van der Waals surface area contributed by atoms with Crippen LogP contribution in [0.4, 0.5) is 5.69 Å². The molecule has 15 heavy (non-hydrogen) atoms. The van der Waals surface area contributed by atoms with E-state index in [9.17, 15) is 0 Å². The molecule has 1 heterocycles. The fraction of sp³-hybridized carbons (Fsp3) is 0.308. The Morgan fingerprint density at radius 2 is 1.93 bits per heavy atom. The zero-order chi connectivity index (χ0) is 10.5. The Bertz CT molecular complexity index is 395. The standard InChI is InChI=1S/C13H14N2/c14-9-5-7-12-6-1-2-8-13(12)15-10-3-4-11-15/h1-2,5-8H,3-4,10-11H2. The van der Waals surface area contributed by atoms with Crippen molar-refractivity contribution in [2.24, 2.45) is 0 Å². The number of allylic oxidation sites excluding steroid dienone is 1. The maximum atomic E-state index is 8.53. The molecule has 1 aromatic carbocycles. The van der Waals surface area contributed by atoms with Crippen LogP contribution in [-0.4, -0.2) is 13.1 Å². The molecule has 0 unspecified atom stereocenters. The molecule has 0 saturated carbocycles. The molecule has 1 aliphatic heterocycles. The Hall–Kier alpha value is -1.75. The number of hydrogen-bond donors (Lipinski definition) is 0. The Kier molecular flexibility index (Phi) is 3.04. The van der Waals surface area contributed by atoms with Gasteiger partial charge in [0.15, 0.2) is 0 Å². The van der Waals surface area contributed by atoms with Gasteiger partial charge in [0.05, 0.1) is 6.07 Å². The summed E-state index contributed by atoms with van der Waals surface area (Å²) in [6.07, 6.45) is 5.97. The van der Waals surface area contributed by atoms with Gasteiger partial charge in [-0.15, -0.1) is 0 Å². The molecule has 0 amide bonds. The van der Waals surface area contributed by atoms with Gasteiger partial charge < -0.3 is 4.90 Å². The van der Waals surface area contributed by atoms with Crippen molar-refractivity contribution in [3.8, 4) is 6.07 Å². The van der Waals surface area contributed by atoms with Crippen LogP contribution in [0.5, 0.6) is 0 Å². The largest absolute Gasteiger partial charge is 0.371 e. The molecule has 1 aromatic rings. The lowest BCUT2D eigenvalue weighted by Gasteiger charge is -2.19. The van der Waals surface area contributed by atoms with Gasteiger partial charge in [-0.25, -0.2) is 0 Å². The van der Waals surface area contributed by atoms with Crippen molar-refractivity contribution in [1.82, 2.24) is 0 Å². The van der Waals surface area contributed by atoms with E-state index in [1.807, 2.05) is 18.2 Å². The smallest absolute Gasteiger partial charge is 0.0912 e. The topological polar surface area (TPSA) is 27.0 Å². The highest BCUT2D eigenvalue weighted by Gasteiger charge is 2.13. The lowest BCUT2D eigenvalue weighted by molar-refractivity contribution is 0.949. The van der Waals surface area contributed by atoms with Crippen LogP contribution in [0.25, 0.3) is 6.08 Å². The highest BCUT2D eigenvalue weighted by atomic mass is 15.1. The van der Waals surface area contributed by atoms with Crippen molar-refractivity contribution in [1.29, 1.82) is 5.26 Å². The Labute approximate surface area is 90.4 Å². The number of nitriles is 1. The zero-order valence-corrected chi connectivity index (χ0v) is 8.69. The van der Waals surface area contributed by atoms with Crippen molar-refractivity contribution >= 4 is 11.8 Å². The second kappa shape index (κ2) is 4.65. The van der Waals surface area contributed by atoms with Crippen LogP contribution in [-0.2, 0) is 0 Å². The van der Waals surface area contributed by atoms with Crippen LogP contribution in [0, 0.1) is 11.3 Å². The number of benzene rings is 1. The van der Waals surface area contributed by atoms with Gasteiger partial charge in [0.25, 0.3) is 0 Å². The normalized spacial score (nSPS) is 15.8. The second-order valence-electron chi connectivity index (χ2n) is 3.72. The minimum atomic E-state index is 1.14. The molecule has 0 bridgehead atoms. The van der Waals surface area contributed by atoms with E-state index in [0.717, 1.165) is 18.7 Å². The van der Waals surface area contributed by atoms with E-state index in [-0.39, 0.29) is 0 Å². The average Bonchev–Trinajstić information content (AvgIpc) is 2.80. The fourth-order valence-corrected chi connectivity index (χ4v) is 2.00. The van der Waals surface area contributed by atoms with Crippen LogP contribution in [0.3, 0.4) is 0 Å². The molecular formula is C13H14N2. The molecule has 0 spiro atoms. The summed E-state index contributed by atoms with van der Waals surface area (Å²) in [5, 5.41) is 8.53. The van der Waals surface area contributed by atoms with Gasteiger partial charge in [0, 0.05) is 24.9 Å². The average molecular weight is 198 g/mol. The fourth-order valence-electron chi connectivity index (χ4n) is 2.00. The summed E-state index contributed by atoms with van der Waals surface area (Å²) in [4.78, 5) is 2.39. The van der Waals surface area contributed by atoms with Gasteiger partial charge in [0.1, 0.15) is 0 Å². The van der Waals surface area contributed by atoms with Gasteiger partial charge in [-0.1, -0.05) is 18.2 Å². The molecule has 1 saturated heterocycles. The van der Waals surface area contributed by atoms with E-state index in [0.29, 0.717) is 0 Å². The van der Waals surface area contributed by atoms with Crippen LogP contribution >= 0.6 is 0 Å². The van der Waals surface area contributed by atoms with Crippen LogP contribution in [0.1, 0.15) is 18.4 Å². The van der Waals surface area contributed by atoms with Crippen molar-refractivity contribution < 1.29 is 0 Å². The summed E-state index contributed by atoms with van der Waals surface area (Å²) >= 11 is 0. The highest BCUT2D eigenvalue weighted by molar-refractivity contribution is 5.68. The van der Waals surface area contributed by atoms with E-state index in [1.54, 1.807) is 0 Å². The number of anilines is 1.